The zero-order valence-electron chi connectivity index (χ0n) is 13.8. The Bertz CT molecular complexity index is 633. The lowest BCUT2D eigenvalue weighted by atomic mass is 9.84. The molecule has 0 aromatic heterocycles. The molecule has 124 valence electrons. The van der Waals surface area contributed by atoms with Crippen LogP contribution in [0.15, 0.2) is 22.3 Å². The van der Waals surface area contributed by atoms with Crippen molar-refractivity contribution in [3.05, 3.63) is 22.3 Å². The van der Waals surface area contributed by atoms with Crippen molar-refractivity contribution in [1.82, 2.24) is 10.2 Å². The van der Waals surface area contributed by atoms with Crippen LogP contribution in [0.25, 0.3) is 0 Å². The zero-order valence-corrected chi connectivity index (χ0v) is 13.8. The van der Waals surface area contributed by atoms with Crippen LogP contribution < -0.4 is 5.32 Å². The van der Waals surface area contributed by atoms with Gasteiger partial charge in [0.05, 0.1) is 0 Å². The van der Waals surface area contributed by atoms with Crippen LogP contribution in [0.2, 0.25) is 0 Å². The Morgan fingerprint density at radius 3 is 2.13 bits per heavy atom. The van der Waals surface area contributed by atoms with Gasteiger partial charge in [0.15, 0.2) is 11.6 Å². The van der Waals surface area contributed by atoms with Crippen LogP contribution in [0.4, 0.5) is 4.79 Å². The van der Waals surface area contributed by atoms with Crippen molar-refractivity contribution >= 4 is 23.4 Å². The molecule has 1 N–H and O–H groups in total. The molecular weight excluding hydrogens is 296 g/mol. The van der Waals surface area contributed by atoms with Gasteiger partial charge in [-0.25, -0.2) is 4.79 Å². The third-order valence-corrected chi connectivity index (χ3v) is 4.57. The van der Waals surface area contributed by atoms with E-state index in [2.05, 4.69) is 5.32 Å². The van der Waals surface area contributed by atoms with Gasteiger partial charge in [-0.2, -0.15) is 0 Å². The van der Waals surface area contributed by atoms with Crippen LogP contribution in [-0.4, -0.2) is 47.9 Å². The highest BCUT2D eigenvalue weighted by Gasteiger charge is 2.27. The lowest BCUT2D eigenvalue weighted by Gasteiger charge is -2.26. The second kappa shape index (κ2) is 6.89. The molecule has 6 heteroatoms. The summed E-state index contributed by atoms with van der Waals surface area (Å²) < 4.78 is 0. The first-order valence-corrected chi connectivity index (χ1v) is 7.84. The number of likely N-dealkylation sites (tertiary alicyclic amines) is 1. The molecular formula is C17H22N2O4. The smallest absolute Gasteiger partial charge is 0.317 e. The summed E-state index contributed by atoms with van der Waals surface area (Å²) in [6, 6.07) is -0.228. The predicted octanol–water partition coefficient (Wildman–Crippen LogP) is 1.56. The Hall–Kier alpha value is -2.24. The number of hydrogen-bond acceptors (Lipinski definition) is 4. The van der Waals surface area contributed by atoms with Crippen LogP contribution in [0.3, 0.4) is 0 Å². The van der Waals surface area contributed by atoms with E-state index in [9.17, 15) is 19.2 Å². The van der Waals surface area contributed by atoms with Crippen molar-refractivity contribution in [2.75, 3.05) is 19.6 Å². The van der Waals surface area contributed by atoms with Crippen molar-refractivity contribution in [3.63, 3.8) is 0 Å². The summed E-state index contributed by atoms with van der Waals surface area (Å²) in [7, 11) is 0. The molecule has 1 saturated heterocycles. The minimum atomic E-state index is -0.228. The first-order valence-electron chi connectivity index (χ1n) is 7.84. The van der Waals surface area contributed by atoms with Crippen molar-refractivity contribution in [3.8, 4) is 0 Å². The number of amides is 2. The summed E-state index contributed by atoms with van der Waals surface area (Å²) in [6.07, 6.45) is 1.13. The number of nitrogens with zero attached hydrogens (tertiary/aromatic N) is 1. The Morgan fingerprint density at radius 2 is 1.52 bits per heavy atom. The number of nitrogens with one attached hydrogen (secondary N) is 1. The van der Waals surface area contributed by atoms with Gasteiger partial charge in [0.25, 0.3) is 0 Å². The maximum absolute atomic E-state index is 12.3. The fraction of sp³-hybridized carbons (Fsp3) is 0.529. The molecule has 0 bridgehead atoms. The van der Waals surface area contributed by atoms with E-state index in [4.69, 9.17) is 0 Å². The molecule has 0 aromatic carbocycles. The quantitative estimate of drug-likeness (QED) is 0.800. The van der Waals surface area contributed by atoms with Gasteiger partial charge in [-0.3, -0.25) is 14.4 Å². The molecule has 1 heterocycles. The molecule has 1 fully saturated rings. The largest absolute Gasteiger partial charge is 0.338 e. The maximum Gasteiger partial charge on any atom is 0.317 e. The minimum Gasteiger partial charge on any atom is -0.338 e. The van der Waals surface area contributed by atoms with Gasteiger partial charge in [-0.15, -0.1) is 0 Å². The molecule has 23 heavy (non-hydrogen) atoms. The number of rotatable bonds is 3. The molecule has 1 aliphatic carbocycles. The summed E-state index contributed by atoms with van der Waals surface area (Å²) in [6.45, 7) is 6.14. The van der Waals surface area contributed by atoms with Crippen LogP contribution in [0.1, 0.15) is 40.0 Å². The molecule has 0 aromatic rings. The topological polar surface area (TPSA) is 83.6 Å². The summed E-state index contributed by atoms with van der Waals surface area (Å²) in [4.78, 5) is 49.1. The fourth-order valence-corrected chi connectivity index (χ4v) is 2.82. The Kier molecular flexibility index (Phi) is 5.13. The number of carbonyl (C=O) groups excluding carboxylic acids is 4. The van der Waals surface area contributed by atoms with Crippen molar-refractivity contribution in [2.45, 2.75) is 40.0 Å². The first kappa shape index (κ1) is 17.1. The van der Waals surface area contributed by atoms with E-state index in [1.54, 1.807) is 25.7 Å². The number of Topliss-reactive ketones (excluding diaryl/α,β-unsaturated/α-hetero) is 3. The summed E-state index contributed by atoms with van der Waals surface area (Å²) >= 11 is 0. The van der Waals surface area contributed by atoms with Crippen LogP contribution in [0.5, 0.6) is 0 Å². The van der Waals surface area contributed by atoms with Gasteiger partial charge in [0.2, 0.25) is 0 Å². The third-order valence-electron chi connectivity index (χ3n) is 4.57. The van der Waals surface area contributed by atoms with E-state index in [-0.39, 0.29) is 23.4 Å². The lowest BCUT2D eigenvalue weighted by molar-refractivity contribution is -0.121. The van der Waals surface area contributed by atoms with Gasteiger partial charge < -0.3 is 10.2 Å². The molecule has 6 nitrogen and oxygen atoms in total. The van der Waals surface area contributed by atoms with Crippen LogP contribution in [0, 0.1) is 0 Å². The lowest BCUT2D eigenvalue weighted by Crippen LogP contribution is -2.45. The normalized spacial score (nSPS) is 19.6. The fourth-order valence-electron chi connectivity index (χ4n) is 2.82. The van der Waals surface area contributed by atoms with Crippen molar-refractivity contribution < 1.29 is 19.2 Å². The summed E-state index contributed by atoms with van der Waals surface area (Å²) in [5.41, 5.74) is 1.93. The Labute approximate surface area is 135 Å². The number of allylic oxidation sites excluding steroid dienone is 3. The van der Waals surface area contributed by atoms with Crippen LogP contribution >= 0.6 is 0 Å². The second-order valence-corrected chi connectivity index (χ2v) is 6.02. The molecule has 2 aliphatic rings. The highest BCUT2D eigenvalue weighted by molar-refractivity contribution is 6.24. The summed E-state index contributed by atoms with van der Waals surface area (Å²) in [5, 5.41) is 2.76. The molecule has 0 atom stereocenters. The predicted molar refractivity (Wildman–Crippen MR) is 84.9 cm³/mol. The average molecular weight is 318 g/mol. The molecule has 0 unspecified atom stereocenters. The SMILES string of the molecule is CC1=C(C)C(=O)C(CCNC(=O)N2CCC(=O)CC2)=C(C)C1=O. The Balaban J connectivity index is 1.91. The molecule has 2 amide bonds. The highest BCUT2D eigenvalue weighted by Crippen LogP contribution is 2.25. The second-order valence-electron chi connectivity index (χ2n) is 6.02. The molecule has 0 spiro atoms. The standard InChI is InChI=1S/C17H22N2O4/c1-10-11(2)16(22)14(12(3)15(10)21)4-7-18-17(23)19-8-5-13(20)6-9-19/h4-9H2,1-3H3,(H,18,23). The van der Waals surface area contributed by atoms with E-state index in [1.807, 2.05) is 0 Å². The van der Waals surface area contributed by atoms with Gasteiger partial charge >= 0.3 is 6.03 Å². The number of hydrogen-bond donors (Lipinski definition) is 1. The van der Waals surface area contributed by atoms with Gasteiger partial charge in [-0.1, -0.05) is 0 Å². The number of piperidine rings is 1. The third kappa shape index (κ3) is 3.57. The van der Waals surface area contributed by atoms with E-state index in [0.29, 0.717) is 61.2 Å². The molecule has 2 rings (SSSR count). The summed E-state index contributed by atoms with van der Waals surface area (Å²) in [5.74, 6) is -0.0332. The number of ketones is 3. The van der Waals surface area contributed by atoms with Crippen molar-refractivity contribution in [2.24, 2.45) is 0 Å². The van der Waals surface area contributed by atoms with E-state index in [1.165, 1.54) is 0 Å². The van der Waals surface area contributed by atoms with Crippen LogP contribution in [-0.2, 0) is 14.4 Å². The molecule has 0 radical (unpaired) electrons. The van der Waals surface area contributed by atoms with E-state index < -0.39 is 0 Å². The number of urea groups is 1. The van der Waals surface area contributed by atoms with Gasteiger partial charge in [-0.05, 0) is 27.2 Å². The zero-order chi connectivity index (χ0) is 17.1. The number of carbonyl (C=O) groups is 4. The van der Waals surface area contributed by atoms with Gasteiger partial charge in [0.1, 0.15) is 5.78 Å². The maximum atomic E-state index is 12.3. The Morgan fingerprint density at radius 1 is 0.957 bits per heavy atom. The highest BCUT2D eigenvalue weighted by atomic mass is 16.2. The molecule has 1 aliphatic heterocycles. The van der Waals surface area contributed by atoms with Crippen molar-refractivity contribution in [1.29, 1.82) is 0 Å². The minimum absolute atomic E-state index is 0.0991. The molecule has 0 saturated carbocycles. The average Bonchev–Trinajstić information content (AvgIpc) is 2.54. The first-order chi connectivity index (χ1) is 10.8. The monoisotopic (exact) mass is 318 g/mol. The van der Waals surface area contributed by atoms with Gasteiger partial charge in [0, 0.05) is 54.8 Å². The van der Waals surface area contributed by atoms with E-state index in [0.717, 1.165) is 0 Å². The van der Waals surface area contributed by atoms with E-state index >= 15 is 0 Å².